The van der Waals surface area contributed by atoms with E-state index in [1.165, 1.54) is 5.56 Å². The topological polar surface area (TPSA) is 21.3 Å². The van der Waals surface area contributed by atoms with Gasteiger partial charge in [-0.3, -0.25) is 0 Å². The molecule has 4 heteroatoms. The van der Waals surface area contributed by atoms with E-state index in [2.05, 4.69) is 35.6 Å². The summed E-state index contributed by atoms with van der Waals surface area (Å²) in [6, 6.07) is 10.6. The molecule has 0 amide bonds. The van der Waals surface area contributed by atoms with Crippen molar-refractivity contribution in [1.82, 2.24) is 5.32 Å². The van der Waals surface area contributed by atoms with E-state index in [0.717, 1.165) is 19.7 Å². The molecule has 1 heterocycles. The first-order chi connectivity index (χ1) is 7.42. The van der Waals surface area contributed by atoms with E-state index >= 15 is 0 Å². The summed E-state index contributed by atoms with van der Waals surface area (Å²) in [5.74, 6) is 0. The van der Waals surface area contributed by atoms with Gasteiger partial charge in [0.15, 0.2) is 0 Å². The maximum absolute atomic E-state index is 5.81. The van der Waals surface area contributed by atoms with Crippen molar-refractivity contribution in [2.24, 2.45) is 0 Å². The van der Waals surface area contributed by atoms with Crippen LogP contribution in [0, 0.1) is 23.3 Å². The van der Waals surface area contributed by atoms with Crippen LogP contribution in [0.4, 0.5) is 0 Å². The van der Waals surface area contributed by atoms with Gasteiger partial charge in [0, 0.05) is 0 Å². The summed E-state index contributed by atoms with van der Waals surface area (Å²) in [4.78, 5) is 0. The Morgan fingerprint density at radius 2 is 2.20 bits per heavy atom. The normalized spacial score (nSPS) is 23.7. The predicted molar refractivity (Wildman–Crippen MR) is 59.4 cm³/mol. The molecule has 2 atom stereocenters. The first-order valence-corrected chi connectivity index (χ1v) is 9.44. The van der Waals surface area contributed by atoms with Crippen LogP contribution in [0.1, 0.15) is 10.8 Å². The van der Waals surface area contributed by atoms with Gasteiger partial charge in [0.05, 0.1) is 0 Å². The van der Waals surface area contributed by atoms with E-state index in [-0.39, 0.29) is 0 Å². The Morgan fingerprint density at radius 3 is 2.80 bits per heavy atom. The number of ether oxygens (including phenoxy) is 1. The first-order valence-electron chi connectivity index (χ1n) is 5.06. The summed E-state index contributed by atoms with van der Waals surface area (Å²) in [5, 5.41) is 3.86. The van der Waals surface area contributed by atoms with Crippen LogP contribution >= 0.6 is 8.52 Å². The summed E-state index contributed by atoms with van der Waals surface area (Å²) < 4.78 is 5.81. The van der Waals surface area contributed by atoms with Gasteiger partial charge in [-0.25, -0.2) is 0 Å². The van der Waals surface area contributed by atoms with Crippen LogP contribution in [0.3, 0.4) is 0 Å². The molecule has 0 saturated carbocycles. The molecule has 1 aliphatic heterocycles. The molecule has 1 aromatic carbocycles. The Balaban J connectivity index is 2.09. The number of nitrogens with one attached hydrogen (secondary N) is 1. The van der Waals surface area contributed by atoms with Crippen molar-refractivity contribution in [3.63, 3.8) is 0 Å². The zero-order valence-corrected chi connectivity index (χ0v) is 12.1. The molecule has 1 N–H and O–H groups in total. The van der Waals surface area contributed by atoms with Gasteiger partial charge < -0.3 is 0 Å². The molecule has 0 aromatic heterocycles. The van der Waals surface area contributed by atoms with Gasteiger partial charge >= 0.3 is 109 Å². The number of benzene rings is 1. The van der Waals surface area contributed by atoms with Gasteiger partial charge in [0.2, 0.25) is 0 Å². The van der Waals surface area contributed by atoms with Crippen molar-refractivity contribution in [2.75, 3.05) is 19.7 Å². The van der Waals surface area contributed by atoms with Crippen molar-refractivity contribution in [1.29, 1.82) is 0 Å². The molecule has 2 nitrogen and oxygen atoms in total. The molecule has 15 heavy (non-hydrogen) atoms. The molecule has 82 valence electrons. The van der Waals surface area contributed by atoms with Crippen molar-refractivity contribution < 1.29 is 28.0 Å². The summed E-state index contributed by atoms with van der Waals surface area (Å²) in [6.45, 7) is 2.78. The maximum atomic E-state index is 5.81. The molecular weight excluding hydrogens is 404 g/mol. The molecule has 0 bridgehead atoms. The van der Waals surface area contributed by atoms with Crippen molar-refractivity contribution in [2.45, 2.75) is 11.4 Å². The van der Waals surface area contributed by atoms with Gasteiger partial charge in [-0.15, -0.1) is 0 Å². The number of hydrogen-bond acceptors (Lipinski definition) is 3. The molecule has 2 rings (SSSR count). The van der Waals surface area contributed by atoms with E-state index in [1.54, 1.807) is 23.3 Å². The molecule has 2 unspecified atom stereocenters. The van der Waals surface area contributed by atoms with Crippen molar-refractivity contribution in [3.8, 4) is 0 Å². The summed E-state index contributed by atoms with van der Waals surface area (Å²) >= 11 is 1.75. The number of morpholine rings is 1. The van der Waals surface area contributed by atoms with Crippen LogP contribution in [0.5, 0.6) is 0 Å². The standard InChI is InChI=1S/C11H14AtNOS/c12-15-11(9-4-2-1-3-5-9)10-8-13-6-7-14-10/h1-5,10-11,13H,6-8H2. The van der Waals surface area contributed by atoms with Crippen LogP contribution in [-0.4, -0.2) is 25.8 Å². The van der Waals surface area contributed by atoms with Gasteiger partial charge in [-0.2, -0.15) is 0 Å². The second-order valence-corrected chi connectivity index (χ2v) is 6.30. The SMILES string of the molecule is [At]SC(c1ccccc1)C1CNCCO1. The second-order valence-electron chi connectivity index (χ2n) is 3.53. The zero-order valence-electron chi connectivity index (χ0n) is 8.36. The summed E-state index contributed by atoms with van der Waals surface area (Å²) in [5.41, 5.74) is 1.37. The Labute approximate surface area is 108 Å². The third-order valence-electron chi connectivity index (χ3n) is 2.52. The third kappa shape index (κ3) is 3.16. The first kappa shape index (κ1) is 11.8. The molecule has 0 spiro atoms. The Kier molecular flexibility index (Phi) is 4.89. The van der Waals surface area contributed by atoms with Crippen LogP contribution in [0.2, 0.25) is 0 Å². The molecule has 1 aromatic rings. The van der Waals surface area contributed by atoms with E-state index < -0.39 is 0 Å². The molecule has 0 radical (unpaired) electrons. The van der Waals surface area contributed by atoms with Crippen molar-refractivity contribution >= 4 is 8.52 Å². The van der Waals surface area contributed by atoms with E-state index in [0.29, 0.717) is 11.4 Å². The van der Waals surface area contributed by atoms with Crippen LogP contribution < -0.4 is 5.32 Å². The fraction of sp³-hybridized carbons (Fsp3) is 0.455. The van der Waals surface area contributed by atoms with E-state index in [4.69, 9.17) is 4.74 Å². The Bertz CT molecular complexity index is 290. The zero-order chi connectivity index (χ0) is 10.5. The van der Waals surface area contributed by atoms with Gasteiger partial charge in [0.1, 0.15) is 0 Å². The van der Waals surface area contributed by atoms with Gasteiger partial charge in [-0.05, 0) is 0 Å². The average Bonchev–Trinajstić information content (AvgIpc) is 2.33. The van der Waals surface area contributed by atoms with Crippen LogP contribution in [-0.2, 0) is 4.74 Å². The van der Waals surface area contributed by atoms with Gasteiger partial charge in [0.25, 0.3) is 0 Å². The number of hydrogen-bond donors (Lipinski definition) is 1. The fourth-order valence-electron chi connectivity index (χ4n) is 1.75. The monoisotopic (exact) mass is 418 g/mol. The van der Waals surface area contributed by atoms with E-state index in [9.17, 15) is 0 Å². The summed E-state index contributed by atoms with van der Waals surface area (Å²) in [6.07, 6.45) is 0.316. The number of rotatable bonds is 3. The summed E-state index contributed by atoms with van der Waals surface area (Å²) in [7, 11) is 1.92. The average molecular weight is 418 g/mol. The second kappa shape index (κ2) is 6.19. The van der Waals surface area contributed by atoms with Crippen LogP contribution in [0.15, 0.2) is 30.3 Å². The molecule has 1 aliphatic rings. The third-order valence-corrected chi connectivity index (χ3v) is 5.52. The molecule has 0 aliphatic carbocycles. The van der Waals surface area contributed by atoms with Crippen molar-refractivity contribution in [3.05, 3.63) is 35.9 Å². The molecular formula is C11H14AtNOS. The minimum absolute atomic E-state index is 0.316. The minimum atomic E-state index is 0.316. The quantitative estimate of drug-likeness (QED) is 0.811. The predicted octanol–water partition coefficient (Wildman–Crippen LogP) is 1.91. The fourth-order valence-corrected chi connectivity index (χ4v) is 4.83. The molecule has 1 saturated heterocycles. The Morgan fingerprint density at radius 1 is 1.40 bits per heavy atom. The van der Waals surface area contributed by atoms with Gasteiger partial charge in [-0.1, -0.05) is 0 Å². The Hall–Kier alpha value is 0.373. The van der Waals surface area contributed by atoms with Crippen LogP contribution in [0.25, 0.3) is 0 Å². The van der Waals surface area contributed by atoms with E-state index in [1.807, 2.05) is 8.52 Å². The molecule has 1 fully saturated rings.